The summed E-state index contributed by atoms with van der Waals surface area (Å²) in [5, 5.41) is 7.96. The highest BCUT2D eigenvalue weighted by Gasteiger charge is 2.32. The van der Waals surface area contributed by atoms with Crippen LogP contribution in [0.15, 0.2) is 28.2 Å². The molecule has 2 aromatic heterocycles. The summed E-state index contributed by atoms with van der Waals surface area (Å²) in [5.74, 6) is 0.237. The number of rotatable bonds is 6. The van der Waals surface area contributed by atoms with Crippen molar-refractivity contribution in [2.75, 3.05) is 18.4 Å². The maximum atomic E-state index is 12.5. The maximum absolute atomic E-state index is 12.5. The Bertz CT molecular complexity index is 851. The molecule has 0 aromatic carbocycles. The zero-order valence-electron chi connectivity index (χ0n) is 15.3. The molecule has 8 nitrogen and oxygen atoms in total. The number of aromatic nitrogens is 1. The highest BCUT2D eigenvalue weighted by Crippen LogP contribution is 2.29. The van der Waals surface area contributed by atoms with Gasteiger partial charge >= 0.3 is 0 Å². The molecule has 1 aliphatic carbocycles. The van der Waals surface area contributed by atoms with Crippen molar-refractivity contribution in [1.29, 1.82) is 0 Å². The zero-order chi connectivity index (χ0) is 19.5. The summed E-state index contributed by atoms with van der Waals surface area (Å²) in [7, 11) is 0. The Kier molecular flexibility index (Phi) is 5.43. The van der Waals surface area contributed by atoms with E-state index >= 15 is 0 Å². The predicted molar refractivity (Wildman–Crippen MR) is 103 cm³/mol. The van der Waals surface area contributed by atoms with E-state index in [2.05, 4.69) is 15.6 Å². The van der Waals surface area contributed by atoms with Gasteiger partial charge < -0.3 is 14.6 Å². The minimum atomic E-state index is -0.368. The highest BCUT2D eigenvalue weighted by molar-refractivity contribution is 7.14. The Balaban J connectivity index is 1.23. The average molecular weight is 402 g/mol. The second-order valence-corrected chi connectivity index (χ2v) is 8.05. The smallest absolute Gasteiger partial charge is 0.293 e. The van der Waals surface area contributed by atoms with Gasteiger partial charge in [0.2, 0.25) is 11.8 Å². The normalized spacial score (nSPS) is 17.4. The van der Waals surface area contributed by atoms with Crippen molar-refractivity contribution in [3.05, 3.63) is 35.2 Å². The first-order valence-corrected chi connectivity index (χ1v) is 10.3. The minimum absolute atomic E-state index is 0.0150. The van der Waals surface area contributed by atoms with Gasteiger partial charge in [-0.15, -0.1) is 11.3 Å². The first-order chi connectivity index (χ1) is 13.6. The lowest BCUT2D eigenvalue weighted by Gasteiger charge is -2.32. The number of piperidine rings is 1. The molecule has 2 fully saturated rings. The molecular formula is C19H22N4O4S. The van der Waals surface area contributed by atoms with Gasteiger partial charge in [-0.2, -0.15) is 0 Å². The molecule has 0 bridgehead atoms. The number of likely N-dealkylation sites (tertiary alicyclic amines) is 1. The third-order valence-electron chi connectivity index (χ3n) is 4.99. The van der Waals surface area contributed by atoms with Crippen LogP contribution in [0.4, 0.5) is 5.13 Å². The van der Waals surface area contributed by atoms with Crippen molar-refractivity contribution >= 4 is 34.2 Å². The quantitative estimate of drug-likeness (QED) is 0.769. The number of furan rings is 1. The van der Waals surface area contributed by atoms with Crippen LogP contribution in [0.25, 0.3) is 0 Å². The number of amides is 3. The summed E-state index contributed by atoms with van der Waals surface area (Å²) in [6, 6.07) is 3.38. The topological polar surface area (TPSA) is 105 Å². The van der Waals surface area contributed by atoms with E-state index in [9.17, 15) is 14.4 Å². The monoisotopic (exact) mass is 402 g/mol. The number of thiazole rings is 1. The van der Waals surface area contributed by atoms with E-state index in [0.717, 1.165) is 25.7 Å². The third kappa shape index (κ3) is 4.59. The van der Waals surface area contributed by atoms with E-state index < -0.39 is 0 Å². The standard InChI is InChI=1S/C19H22N4O4S/c24-16(23-7-5-13(6-8-23)20-17(25)12-3-4-12)10-14-11-28-19(21-14)22-18(26)15-2-1-9-27-15/h1-2,9,11-13H,3-8,10H2,(H,20,25)(H,21,22,26). The predicted octanol–water partition coefficient (Wildman–Crippen LogP) is 2.05. The van der Waals surface area contributed by atoms with Gasteiger partial charge in [-0.1, -0.05) is 0 Å². The van der Waals surface area contributed by atoms with Gasteiger partial charge in [0, 0.05) is 30.4 Å². The van der Waals surface area contributed by atoms with Gasteiger partial charge in [0.1, 0.15) is 0 Å². The molecule has 3 amide bonds. The fourth-order valence-corrected chi connectivity index (χ4v) is 3.92. The number of hydrogen-bond acceptors (Lipinski definition) is 6. The molecular weight excluding hydrogens is 380 g/mol. The van der Waals surface area contributed by atoms with E-state index in [-0.39, 0.29) is 41.9 Å². The minimum Gasteiger partial charge on any atom is -0.459 e. The van der Waals surface area contributed by atoms with Crippen LogP contribution in [-0.2, 0) is 16.0 Å². The number of nitrogens with zero attached hydrogens (tertiary/aromatic N) is 2. The molecule has 0 radical (unpaired) electrons. The van der Waals surface area contributed by atoms with Crippen LogP contribution in [0.5, 0.6) is 0 Å². The number of carbonyl (C=O) groups is 3. The summed E-state index contributed by atoms with van der Waals surface area (Å²) in [4.78, 5) is 42.5. The molecule has 1 aliphatic heterocycles. The van der Waals surface area contributed by atoms with Gasteiger partial charge in [-0.25, -0.2) is 4.98 Å². The molecule has 0 atom stereocenters. The van der Waals surface area contributed by atoms with Crippen LogP contribution in [0, 0.1) is 5.92 Å². The molecule has 148 valence electrons. The van der Waals surface area contributed by atoms with Crippen molar-refractivity contribution < 1.29 is 18.8 Å². The van der Waals surface area contributed by atoms with Gasteiger partial charge in [-0.05, 0) is 37.8 Å². The first-order valence-electron chi connectivity index (χ1n) is 9.46. The second kappa shape index (κ2) is 8.14. The van der Waals surface area contributed by atoms with Crippen molar-refractivity contribution in [2.24, 2.45) is 5.92 Å². The maximum Gasteiger partial charge on any atom is 0.293 e. The fraction of sp³-hybridized carbons (Fsp3) is 0.474. The van der Waals surface area contributed by atoms with E-state index in [1.807, 2.05) is 4.90 Å². The molecule has 1 saturated heterocycles. The Morgan fingerprint density at radius 2 is 2.00 bits per heavy atom. The fourth-order valence-electron chi connectivity index (χ4n) is 3.22. The van der Waals surface area contributed by atoms with Crippen LogP contribution in [0.3, 0.4) is 0 Å². The molecule has 9 heteroatoms. The molecule has 0 unspecified atom stereocenters. The van der Waals surface area contributed by atoms with Gasteiger partial charge in [-0.3, -0.25) is 19.7 Å². The van der Waals surface area contributed by atoms with Crippen molar-refractivity contribution in [3.8, 4) is 0 Å². The van der Waals surface area contributed by atoms with Gasteiger partial charge in [0.25, 0.3) is 5.91 Å². The van der Waals surface area contributed by atoms with E-state index in [1.165, 1.54) is 17.6 Å². The Morgan fingerprint density at radius 3 is 2.68 bits per heavy atom. The number of hydrogen-bond donors (Lipinski definition) is 2. The molecule has 28 heavy (non-hydrogen) atoms. The van der Waals surface area contributed by atoms with E-state index in [0.29, 0.717) is 23.9 Å². The SMILES string of the molecule is O=C(Nc1nc(CC(=O)N2CCC(NC(=O)C3CC3)CC2)cs1)c1ccco1. The summed E-state index contributed by atoms with van der Waals surface area (Å²) in [6.45, 7) is 1.28. The second-order valence-electron chi connectivity index (χ2n) is 7.19. The third-order valence-corrected chi connectivity index (χ3v) is 5.80. The number of nitrogens with one attached hydrogen (secondary N) is 2. The lowest BCUT2D eigenvalue weighted by atomic mass is 10.0. The zero-order valence-corrected chi connectivity index (χ0v) is 16.2. The van der Waals surface area contributed by atoms with Gasteiger partial charge in [0.15, 0.2) is 10.9 Å². The molecule has 2 N–H and O–H groups in total. The van der Waals surface area contributed by atoms with Crippen molar-refractivity contribution in [3.63, 3.8) is 0 Å². The van der Waals surface area contributed by atoms with Gasteiger partial charge in [0.05, 0.1) is 18.4 Å². The first kappa shape index (κ1) is 18.7. The van der Waals surface area contributed by atoms with E-state index in [1.54, 1.807) is 17.5 Å². The molecule has 0 spiro atoms. The van der Waals surface area contributed by atoms with Crippen LogP contribution >= 0.6 is 11.3 Å². The van der Waals surface area contributed by atoms with Crippen molar-refractivity contribution in [1.82, 2.24) is 15.2 Å². The lowest BCUT2D eigenvalue weighted by molar-refractivity contribution is -0.131. The Labute approximate surface area is 166 Å². The summed E-state index contributed by atoms with van der Waals surface area (Å²) < 4.78 is 5.05. The average Bonchev–Trinajstić information content (AvgIpc) is 3.21. The molecule has 2 aliphatic rings. The highest BCUT2D eigenvalue weighted by atomic mass is 32.1. The summed E-state index contributed by atoms with van der Waals surface area (Å²) in [6.07, 6.45) is 5.20. The van der Waals surface area contributed by atoms with Crippen molar-refractivity contribution in [2.45, 2.75) is 38.1 Å². The largest absolute Gasteiger partial charge is 0.459 e. The van der Waals surface area contributed by atoms with Crippen LogP contribution in [0.1, 0.15) is 41.9 Å². The lowest BCUT2D eigenvalue weighted by Crippen LogP contribution is -2.47. The summed E-state index contributed by atoms with van der Waals surface area (Å²) >= 11 is 1.28. The number of carbonyl (C=O) groups excluding carboxylic acids is 3. The van der Waals surface area contributed by atoms with Crippen LogP contribution < -0.4 is 10.6 Å². The Hall–Kier alpha value is -2.68. The molecule has 3 heterocycles. The number of anilines is 1. The Morgan fingerprint density at radius 1 is 1.21 bits per heavy atom. The van der Waals surface area contributed by atoms with Crippen LogP contribution in [0.2, 0.25) is 0 Å². The molecule has 4 rings (SSSR count). The molecule has 2 aromatic rings. The summed E-state index contributed by atoms with van der Waals surface area (Å²) in [5.41, 5.74) is 0.633. The van der Waals surface area contributed by atoms with E-state index in [4.69, 9.17) is 4.42 Å². The van der Waals surface area contributed by atoms with Crippen LogP contribution in [-0.4, -0.2) is 46.7 Å². The molecule has 1 saturated carbocycles.